The number of nitrogens with zero attached hydrogens (tertiary/aromatic N) is 5. The predicted octanol–water partition coefficient (Wildman–Crippen LogP) is 5.83. The van der Waals surface area contributed by atoms with Crippen LogP contribution in [0, 0.1) is 0 Å². The lowest BCUT2D eigenvalue weighted by Gasteiger charge is -2.36. The Kier molecular flexibility index (Phi) is 8.82. The van der Waals surface area contributed by atoms with Gasteiger partial charge in [-0.25, -0.2) is 9.78 Å². The molecule has 3 heterocycles. The van der Waals surface area contributed by atoms with Gasteiger partial charge >= 0.3 is 6.03 Å². The van der Waals surface area contributed by atoms with Crippen molar-refractivity contribution >= 4 is 51.9 Å². The van der Waals surface area contributed by atoms with Crippen LogP contribution in [0.15, 0.2) is 36.7 Å². The molecule has 37 heavy (non-hydrogen) atoms. The Labute approximate surface area is 227 Å². The van der Waals surface area contributed by atoms with E-state index in [9.17, 15) is 9.59 Å². The van der Waals surface area contributed by atoms with Crippen molar-refractivity contribution in [2.45, 2.75) is 45.7 Å². The first kappa shape index (κ1) is 27.1. The Morgan fingerprint density at radius 3 is 2.70 bits per heavy atom. The first-order valence-corrected chi connectivity index (χ1v) is 13.4. The predicted molar refractivity (Wildman–Crippen MR) is 148 cm³/mol. The molecule has 1 aliphatic heterocycles. The van der Waals surface area contributed by atoms with Crippen LogP contribution in [-0.4, -0.2) is 65.1 Å². The van der Waals surface area contributed by atoms with Crippen molar-refractivity contribution in [2.75, 3.05) is 38.7 Å². The molecule has 0 spiro atoms. The molecule has 0 radical (unpaired) electrons. The maximum Gasteiger partial charge on any atom is 0.324 e. The van der Waals surface area contributed by atoms with Gasteiger partial charge in [0.25, 0.3) is 0 Å². The summed E-state index contributed by atoms with van der Waals surface area (Å²) < 4.78 is 7.65. The first-order valence-electron chi connectivity index (χ1n) is 12.6. The lowest BCUT2D eigenvalue weighted by molar-refractivity contribution is -0.129. The topological polar surface area (TPSA) is 70.9 Å². The fourth-order valence-corrected chi connectivity index (χ4v) is 4.94. The Hall–Kier alpha value is -2.97. The highest BCUT2D eigenvalue weighted by molar-refractivity contribution is 6.35. The minimum absolute atomic E-state index is 0.0562. The number of aromatic nitrogens is 2. The fraction of sp³-hybridized carbons (Fsp3) is 0.444. The van der Waals surface area contributed by atoms with Crippen LogP contribution in [0.25, 0.3) is 11.0 Å². The molecule has 0 bridgehead atoms. The van der Waals surface area contributed by atoms with Crippen LogP contribution in [0.3, 0.4) is 0 Å². The van der Waals surface area contributed by atoms with E-state index in [2.05, 4.69) is 11.9 Å². The number of amides is 3. The van der Waals surface area contributed by atoms with Crippen LogP contribution < -0.4 is 9.64 Å². The number of anilines is 1. The SMILES string of the molecule is CCCCCOc1cc(N2CCCN(Cc3ccnc4c3c(Cl)cn4CC(=O)N(C)C)C2=O)ccc1Cl. The standard InChI is InChI=1S/C27H33Cl2N5O3/c1-4-5-6-14-37-23-15-20(8-9-21(23)28)34-13-7-12-32(27(34)36)16-19-10-11-30-26-25(19)22(29)17-33(26)18-24(35)31(2)3/h8-11,15,17H,4-7,12-14,16,18H2,1-3H3. The second-order valence-corrected chi connectivity index (χ2v) is 10.3. The summed E-state index contributed by atoms with van der Waals surface area (Å²) in [6.45, 7) is 4.51. The van der Waals surface area contributed by atoms with Gasteiger partial charge in [0.2, 0.25) is 5.91 Å². The molecule has 3 aromatic rings. The zero-order valence-electron chi connectivity index (χ0n) is 21.5. The third-order valence-corrected chi connectivity index (χ3v) is 7.10. The maximum atomic E-state index is 13.5. The third-order valence-electron chi connectivity index (χ3n) is 6.51. The summed E-state index contributed by atoms with van der Waals surface area (Å²) in [5, 5.41) is 1.80. The maximum absolute atomic E-state index is 13.5. The second-order valence-electron chi connectivity index (χ2n) is 9.44. The Morgan fingerprint density at radius 2 is 1.95 bits per heavy atom. The van der Waals surface area contributed by atoms with Gasteiger partial charge in [0.05, 0.1) is 16.7 Å². The van der Waals surface area contributed by atoms with Crippen LogP contribution in [0.2, 0.25) is 10.0 Å². The van der Waals surface area contributed by atoms with E-state index in [0.717, 1.165) is 42.3 Å². The van der Waals surface area contributed by atoms with Gasteiger partial charge in [-0.3, -0.25) is 9.69 Å². The molecule has 0 saturated carbocycles. The summed E-state index contributed by atoms with van der Waals surface area (Å²) in [4.78, 5) is 35.4. The van der Waals surface area contributed by atoms with Gasteiger partial charge in [-0.15, -0.1) is 0 Å². The largest absolute Gasteiger partial charge is 0.492 e. The molecular formula is C27H33Cl2N5O3. The summed E-state index contributed by atoms with van der Waals surface area (Å²) in [7, 11) is 3.43. The quantitative estimate of drug-likeness (QED) is 0.300. The van der Waals surface area contributed by atoms with E-state index in [1.165, 1.54) is 4.90 Å². The van der Waals surface area contributed by atoms with Gasteiger partial charge in [-0.05, 0) is 36.6 Å². The van der Waals surface area contributed by atoms with Crippen molar-refractivity contribution in [2.24, 2.45) is 0 Å². The van der Waals surface area contributed by atoms with Gasteiger partial charge in [-0.2, -0.15) is 0 Å². The van der Waals surface area contributed by atoms with Crippen LogP contribution >= 0.6 is 23.2 Å². The highest BCUT2D eigenvalue weighted by Gasteiger charge is 2.28. The lowest BCUT2D eigenvalue weighted by Crippen LogP contribution is -2.49. The summed E-state index contributed by atoms with van der Waals surface area (Å²) in [5.41, 5.74) is 2.27. The average molecular weight is 546 g/mol. The van der Waals surface area contributed by atoms with Gasteiger partial charge in [0.15, 0.2) is 0 Å². The molecule has 1 aromatic carbocycles. The normalized spacial score (nSPS) is 13.9. The lowest BCUT2D eigenvalue weighted by atomic mass is 10.1. The number of fused-ring (bicyclic) bond motifs is 1. The summed E-state index contributed by atoms with van der Waals surface area (Å²) >= 11 is 13.0. The number of ether oxygens (including phenoxy) is 1. The number of carbonyl (C=O) groups is 2. The van der Waals surface area contributed by atoms with Crippen molar-refractivity contribution in [3.63, 3.8) is 0 Å². The minimum Gasteiger partial charge on any atom is -0.492 e. The number of urea groups is 1. The van der Waals surface area contributed by atoms with Crippen molar-refractivity contribution in [3.8, 4) is 5.75 Å². The highest BCUT2D eigenvalue weighted by atomic mass is 35.5. The van der Waals surface area contributed by atoms with Gasteiger partial charge in [-0.1, -0.05) is 43.0 Å². The van der Waals surface area contributed by atoms with E-state index < -0.39 is 0 Å². The number of carbonyl (C=O) groups excluding carboxylic acids is 2. The van der Waals surface area contributed by atoms with E-state index in [4.69, 9.17) is 27.9 Å². The van der Waals surface area contributed by atoms with E-state index in [-0.39, 0.29) is 18.5 Å². The van der Waals surface area contributed by atoms with Crippen LogP contribution in [0.5, 0.6) is 5.75 Å². The molecular weight excluding hydrogens is 513 g/mol. The van der Waals surface area contributed by atoms with Crippen molar-refractivity contribution in [1.82, 2.24) is 19.4 Å². The summed E-state index contributed by atoms with van der Waals surface area (Å²) in [6.07, 6.45) is 7.41. The van der Waals surface area contributed by atoms with Crippen molar-refractivity contribution in [3.05, 3.63) is 52.3 Å². The Bertz CT molecular complexity index is 1280. The number of pyridine rings is 1. The molecule has 8 nitrogen and oxygen atoms in total. The molecule has 1 fully saturated rings. The molecule has 0 N–H and O–H groups in total. The van der Waals surface area contributed by atoms with Gasteiger partial charge in [0, 0.05) is 63.3 Å². The molecule has 1 saturated heterocycles. The van der Waals surface area contributed by atoms with E-state index in [1.54, 1.807) is 42.0 Å². The molecule has 3 amide bonds. The summed E-state index contributed by atoms with van der Waals surface area (Å²) in [6, 6.07) is 7.27. The zero-order valence-corrected chi connectivity index (χ0v) is 23.1. The smallest absolute Gasteiger partial charge is 0.324 e. The number of rotatable bonds is 10. The average Bonchev–Trinajstić information content (AvgIpc) is 3.20. The molecule has 0 unspecified atom stereocenters. The van der Waals surface area contributed by atoms with Gasteiger partial charge in [0.1, 0.15) is 17.9 Å². The number of hydrogen-bond donors (Lipinski definition) is 0. The second kappa shape index (κ2) is 12.0. The monoisotopic (exact) mass is 545 g/mol. The Balaban J connectivity index is 1.54. The number of likely N-dealkylation sites (N-methyl/N-ethyl adjacent to an activating group) is 1. The van der Waals surface area contributed by atoms with E-state index >= 15 is 0 Å². The molecule has 0 aliphatic carbocycles. The van der Waals surface area contributed by atoms with Crippen LogP contribution in [-0.2, 0) is 17.9 Å². The molecule has 1 aliphatic rings. The first-order chi connectivity index (χ1) is 17.8. The highest BCUT2D eigenvalue weighted by Crippen LogP contribution is 2.33. The molecule has 4 rings (SSSR count). The number of halogens is 2. The van der Waals surface area contributed by atoms with E-state index in [0.29, 0.717) is 47.7 Å². The fourth-order valence-electron chi connectivity index (χ4n) is 4.45. The molecule has 0 atom stereocenters. The molecule has 10 heteroatoms. The van der Waals surface area contributed by atoms with Crippen molar-refractivity contribution < 1.29 is 14.3 Å². The van der Waals surface area contributed by atoms with E-state index in [1.807, 2.05) is 23.1 Å². The minimum atomic E-state index is -0.0891. The molecule has 2 aromatic heterocycles. The van der Waals surface area contributed by atoms with Gasteiger partial charge < -0.3 is 19.1 Å². The van der Waals surface area contributed by atoms with Crippen molar-refractivity contribution in [1.29, 1.82) is 0 Å². The number of hydrogen-bond acceptors (Lipinski definition) is 4. The summed E-state index contributed by atoms with van der Waals surface area (Å²) in [5.74, 6) is 0.538. The van der Waals surface area contributed by atoms with Crippen LogP contribution in [0.4, 0.5) is 10.5 Å². The Morgan fingerprint density at radius 1 is 1.14 bits per heavy atom. The zero-order chi connectivity index (χ0) is 26.5. The van der Waals surface area contributed by atoms with Crippen LogP contribution in [0.1, 0.15) is 38.2 Å². The number of unbranched alkanes of at least 4 members (excludes halogenated alkanes) is 2. The number of benzene rings is 1. The third kappa shape index (κ3) is 6.13. The molecule has 198 valence electrons.